The Labute approximate surface area is 93.1 Å². The van der Waals surface area contributed by atoms with Crippen LogP contribution in [0.5, 0.6) is 0 Å². The molecule has 1 heterocycles. The predicted molar refractivity (Wildman–Crippen MR) is 54.8 cm³/mol. The molecule has 1 rings (SSSR count). The average molecular weight is 231 g/mol. The maximum Gasteiger partial charge on any atom is 0.335 e. The van der Waals surface area contributed by atoms with Gasteiger partial charge in [0.05, 0.1) is 17.6 Å². The largest absolute Gasteiger partial charge is 0.335 e. The van der Waals surface area contributed by atoms with Crippen LogP contribution in [0.25, 0.3) is 0 Å². The number of thiol groups is 1. The van der Waals surface area contributed by atoms with E-state index in [1.807, 2.05) is 6.92 Å². The summed E-state index contributed by atoms with van der Waals surface area (Å²) in [7, 11) is 0. The number of rotatable bonds is 3. The molecule has 1 aliphatic heterocycles. The fourth-order valence-corrected chi connectivity index (χ4v) is 1.30. The molecule has 2 unspecified atom stereocenters. The van der Waals surface area contributed by atoms with Gasteiger partial charge in [0.2, 0.25) is 0 Å². The van der Waals surface area contributed by atoms with Crippen LogP contribution in [0.4, 0.5) is 0 Å². The van der Waals surface area contributed by atoms with Gasteiger partial charge in [-0.1, -0.05) is 13.8 Å². The smallest absolute Gasteiger partial charge is 0.330 e. The third-order valence-electron chi connectivity index (χ3n) is 2.28. The van der Waals surface area contributed by atoms with Crippen molar-refractivity contribution in [3.8, 4) is 0 Å². The van der Waals surface area contributed by atoms with Gasteiger partial charge in [0.25, 0.3) is 11.8 Å². The fraction of sp³-hybridized carbons (Fsp3) is 0.667. The lowest BCUT2D eigenvalue weighted by molar-refractivity contribution is -0.200. The molecule has 2 amide bonds. The second kappa shape index (κ2) is 4.65. The molecule has 0 aromatic carbocycles. The molecule has 0 aromatic rings. The van der Waals surface area contributed by atoms with Crippen LogP contribution < -0.4 is 0 Å². The summed E-state index contributed by atoms with van der Waals surface area (Å²) in [4.78, 5) is 38.6. The lowest BCUT2D eigenvalue weighted by Crippen LogP contribution is -2.35. The Morgan fingerprint density at radius 2 is 2.27 bits per heavy atom. The van der Waals surface area contributed by atoms with Crippen LogP contribution in [0.2, 0.25) is 0 Å². The van der Waals surface area contributed by atoms with Crippen molar-refractivity contribution in [1.29, 1.82) is 0 Å². The lowest BCUT2D eigenvalue weighted by Gasteiger charge is -2.15. The third-order valence-corrected chi connectivity index (χ3v) is 2.68. The number of hydroxylamine groups is 2. The zero-order valence-electron chi connectivity index (χ0n) is 8.60. The molecular weight excluding hydrogens is 218 g/mol. The maximum atomic E-state index is 11.3. The van der Waals surface area contributed by atoms with E-state index >= 15 is 0 Å². The van der Waals surface area contributed by atoms with Gasteiger partial charge < -0.3 is 4.84 Å². The number of carbonyl (C=O) groups is 3. The third kappa shape index (κ3) is 2.50. The van der Waals surface area contributed by atoms with Crippen molar-refractivity contribution in [2.75, 3.05) is 0 Å². The van der Waals surface area contributed by atoms with Gasteiger partial charge in [-0.2, -0.15) is 12.6 Å². The monoisotopic (exact) mass is 231 g/mol. The quantitative estimate of drug-likeness (QED) is 0.569. The minimum atomic E-state index is -0.692. The van der Waals surface area contributed by atoms with Gasteiger partial charge in [-0.15, -0.1) is 5.06 Å². The zero-order valence-corrected chi connectivity index (χ0v) is 9.49. The van der Waals surface area contributed by atoms with Crippen LogP contribution >= 0.6 is 12.6 Å². The maximum absolute atomic E-state index is 11.3. The Kier molecular flexibility index (Phi) is 3.73. The molecule has 2 atom stereocenters. The molecular formula is C9H13NO4S. The summed E-state index contributed by atoms with van der Waals surface area (Å²) in [6.45, 7) is 3.49. The Hall–Kier alpha value is -1.04. The number of carbonyl (C=O) groups excluding carboxylic acids is 3. The molecule has 1 saturated heterocycles. The molecule has 5 nitrogen and oxygen atoms in total. The normalized spacial score (nSPS) is 23.1. The summed E-state index contributed by atoms with van der Waals surface area (Å²) in [5, 5.41) is -0.172. The minimum absolute atomic E-state index is 0.0181. The van der Waals surface area contributed by atoms with E-state index in [1.165, 1.54) is 0 Å². The highest BCUT2D eigenvalue weighted by molar-refractivity contribution is 7.81. The lowest BCUT2D eigenvalue weighted by atomic mass is 10.1. The van der Waals surface area contributed by atoms with Crippen LogP contribution in [-0.2, 0) is 19.2 Å². The van der Waals surface area contributed by atoms with E-state index in [9.17, 15) is 14.4 Å². The van der Waals surface area contributed by atoms with Crippen molar-refractivity contribution >= 4 is 30.4 Å². The molecule has 0 aliphatic carbocycles. The fourth-order valence-electron chi connectivity index (χ4n) is 1.04. The van der Waals surface area contributed by atoms with E-state index in [0.29, 0.717) is 11.5 Å². The van der Waals surface area contributed by atoms with E-state index in [0.717, 1.165) is 0 Å². The predicted octanol–water partition coefficient (Wildman–Crippen LogP) is 0.548. The van der Waals surface area contributed by atoms with E-state index in [4.69, 9.17) is 4.84 Å². The first-order valence-electron chi connectivity index (χ1n) is 4.74. The summed E-state index contributed by atoms with van der Waals surface area (Å²) in [5.74, 6) is -1.98. The summed E-state index contributed by atoms with van der Waals surface area (Å²) in [6, 6.07) is 0. The Balaban J connectivity index is 2.62. The summed E-state index contributed by atoms with van der Waals surface area (Å²) >= 11 is 3.90. The standard InChI is InChI=1S/C9H13NO4S/c1-3-5(2)9(13)14-10-7(11)4-6(15)8(10)12/h5-6,15H,3-4H2,1-2H3. The summed E-state index contributed by atoms with van der Waals surface area (Å²) < 4.78 is 0. The van der Waals surface area contributed by atoms with Crippen molar-refractivity contribution in [2.45, 2.75) is 31.9 Å². The van der Waals surface area contributed by atoms with Crippen LogP contribution in [0, 0.1) is 5.92 Å². The van der Waals surface area contributed by atoms with Crippen molar-refractivity contribution in [1.82, 2.24) is 5.06 Å². The van der Waals surface area contributed by atoms with E-state index in [2.05, 4.69) is 12.6 Å². The van der Waals surface area contributed by atoms with Gasteiger partial charge in [-0.3, -0.25) is 9.59 Å². The SMILES string of the molecule is CCC(C)C(=O)ON1C(=O)CC(S)C1=O. The zero-order chi connectivity index (χ0) is 11.6. The highest BCUT2D eigenvalue weighted by Crippen LogP contribution is 2.19. The van der Waals surface area contributed by atoms with Gasteiger partial charge in [0, 0.05) is 0 Å². The summed E-state index contributed by atoms with van der Waals surface area (Å²) in [6.07, 6.45) is 0.578. The van der Waals surface area contributed by atoms with Crippen molar-refractivity contribution < 1.29 is 19.2 Å². The molecule has 0 aromatic heterocycles. The second-order valence-electron chi connectivity index (χ2n) is 3.47. The minimum Gasteiger partial charge on any atom is -0.330 e. The first-order chi connectivity index (χ1) is 6.97. The van der Waals surface area contributed by atoms with Crippen molar-refractivity contribution in [2.24, 2.45) is 5.92 Å². The number of nitrogens with zero attached hydrogens (tertiary/aromatic N) is 1. The summed E-state index contributed by atoms with van der Waals surface area (Å²) in [5.41, 5.74) is 0. The number of amides is 2. The number of hydrogen-bond donors (Lipinski definition) is 1. The molecule has 0 radical (unpaired) electrons. The Morgan fingerprint density at radius 3 is 2.67 bits per heavy atom. The van der Waals surface area contributed by atoms with Crippen LogP contribution in [-0.4, -0.2) is 28.1 Å². The molecule has 0 spiro atoms. The number of imide groups is 1. The molecule has 0 saturated carbocycles. The average Bonchev–Trinajstić information content (AvgIpc) is 2.43. The molecule has 15 heavy (non-hydrogen) atoms. The van der Waals surface area contributed by atoms with Crippen LogP contribution in [0.1, 0.15) is 26.7 Å². The van der Waals surface area contributed by atoms with Gasteiger partial charge in [0.15, 0.2) is 0 Å². The molecule has 1 fully saturated rings. The highest BCUT2D eigenvalue weighted by atomic mass is 32.1. The molecule has 1 aliphatic rings. The number of hydrogen-bond acceptors (Lipinski definition) is 5. The van der Waals surface area contributed by atoms with Gasteiger partial charge in [0.1, 0.15) is 0 Å². The highest BCUT2D eigenvalue weighted by Gasteiger charge is 2.40. The van der Waals surface area contributed by atoms with E-state index < -0.39 is 23.0 Å². The van der Waals surface area contributed by atoms with Crippen molar-refractivity contribution in [3.05, 3.63) is 0 Å². The first kappa shape index (κ1) is 12.0. The molecule has 0 N–H and O–H groups in total. The van der Waals surface area contributed by atoms with E-state index in [1.54, 1.807) is 6.92 Å². The van der Waals surface area contributed by atoms with Gasteiger partial charge >= 0.3 is 5.97 Å². The van der Waals surface area contributed by atoms with Gasteiger partial charge in [-0.25, -0.2) is 4.79 Å². The Morgan fingerprint density at radius 1 is 1.67 bits per heavy atom. The Bertz CT molecular complexity index is 304. The second-order valence-corrected chi connectivity index (χ2v) is 4.09. The molecule has 6 heteroatoms. The van der Waals surface area contributed by atoms with Crippen LogP contribution in [0.15, 0.2) is 0 Å². The molecule has 84 valence electrons. The topological polar surface area (TPSA) is 63.7 Å². The van der Waals surface area contributed by atoms with Crippen molar-refractivity contribution in [3.63, 3.8) is 0 Å². The molecule has 0 bridgehead atoms. The van der Waals surface area contributed by atoms with E-state index in [-0.39, 0.29) is 12.3 Å². The first-order valence-corrected chi connectivity index (χ1v) is 5.25. The van der Waals surface area contributed by atoms with Gasteiger partial charge in [-0.05, 0) is 6.42 Å². The van der Waals surface area contributed by atoms with Crippen LogP contribution in [0.3, 0.4) is 0 Å².